The van der Waals surface area contributed by atoms with Gasteiger partial charge in [0.15, 0.2) is 0 Å². The number of nitrogens with zero attached hydrogens (tertiary/aromatic N) is 4. The van der Waals surface area contributed by atoms with Crippen molar-refractivity contribution in [3.63, 3.8) is 0 Å². The van der Waals surface area contributed by atoms with Crippen molar-refractivity contribution in [2.45, 2.75) is 25.1 Å². The minimum atomic E-state index is -0.0666. The molecule has 0 atom stereocenters. The number of aryl methyl sites for hydroxylation is 1. The Morgan fingerprint density at radius 2 is 2.16 bits per heavy atom. The van der Waals surface area contributed by atoms with E-state index < -0.39 is 0 Å². The van der Waals surface area contributed by atoms with Gasteiger partial charge >= 0.3 is 0 Å². The topological polar surface area (TPSA) is 93.8 Å². The van der Waals surface area contributed by atoms with Crippen LogP contribution in [0.5, 0.6) is 0 Å². The summed E-state index contributed by atoms with van der Waals surface area (Å²) in [4.78, 5) is 24.7. The molecule has 0 aliphatic rings. The fourth-order valence-electron chi connectivity index (χ4n) is 2.09. The molecular weight excluding hydrogens is 358 g/mol. The van der Waals surface area contributed by atoms with Gasteiger partial charge in [-0.05, 0) is 18.4 Å². The molecule has 0 fully saturated rings. The van der Waals surface area contributed by atoms with E-state index in [9.17, 15) is 4.79 Å². The molecule has 0 spiro atoms. The molecule has 0 unspecified atom stereocenters. The molecule has 0 saturated carbocycles. The summed E-state index contributed by atoms with van der Waals surface area (Å²) in [7, 11) is 0. The van der Waals surface area contributed by atoms with E-state index in [0.29, 0.717) is 31.1 Å². The van der Waals surface area contributed by atoms with Gasteiger partial charge in [0.25, 0.3) is 0 Å². The van der Waals surface area contributed by atoms with Crippen LogP contribution in [0, 0.1) is 0 Å². The molecule has 0 aliphatic heterocycles. The fraction of sp³-hybridized carbons (Fsp3) is 0.312. The van der Waals surface area contributed by atoms with Crippen LogP contribution in [-0.2, 0) is 23.5 Å². The number of carbonyl (C=O) groups is 1. The summed E-state index contributed by atoms with van der Waals surface area (Å²) < 4.78 is 5.19. The summed E-state index contributed by atoms with van der Waals surface area (Å²) in [6.45, 7) is 0.440. The number of hydrogen-bond donors (Lipinski definition) is 1. The molecule has 1 amide bonds. The van der Waals surface area contributed by atoms with E-state index in [1.165, 1.54) is 0 Å². The van der Waals surface area contributed by atoms with Gasteiger partial charge in [-0.25, -0.2) is 4.98 Å². The van der Waals surface area contributed by atoms with Crippen LogP contribution < -0.4 is 5.32 Å². The quantitative estimate of drug-likeness (QED) is 0.647. The van der Waals surface area contributed by atoms with E-state index >= 15 is 0 Å². The van der Waals surface area contributed by atoms with Gasteiger partial charge in [0.2, 0.25) is 17.6 Å². The Hall–Kier alpha value is -2.26. The second-order valence-corrected chi connectivity index (χ2v) is 7.00. The van der Waals surface area contributed by atoms with Crippen molar-refractivity contribution in [3.05, 3.63) is 46.5 Å². The SMILES string of the molecule is CSCc1nc(CNC(=O)CCc2nc(-c3ccncc3)no2)cs1. The number of amides is 1. The van der Waals surface area contributed by atoms with E-state index in [2.05, 4.69) is 25.4 Å². The lowest BCUT2D eigenvalue weighted by atomic mass is 10.2. The molecule has 25 heavy (non-hydrogen) atoms. The fourth-order valence-corrected chi connectivity index (χ4v) is 3.61. The predicted molar refractivity (Wildman–Crippen MR) is 97.0 cm³/mol. The highest BCUT2D eigenvalue weighted by molar-refractivity contribution is 7.97. The summed E-state index contributed by atoms with van der Waals surface area (Å²) in [5.74, 6) is 1.78. The lowest BCUT2D eigenvalue weighted by Crippen LogP contribution is -2.23. The molecule has 1 N–H and O–H groups in total. The lowest BCUT2D eigenvalue weighted by Gasteiger charge is -2.01. The largest absolute Gasteiger partial charge is 0.350 e. The number of thiazole rings is 1. The molecule has 7 nitrogen and oxygen atoms in total. The molecule has 0 radical (unpaired) electrons. The minimum absolute atomic E-state index is 0.0666. The Labute approximate surface area is 153 Å². The Kier molecular flexibility index (Phi) is 6.13. The highest BCUT2D eigenvalue weighted by Crippen LogP contribution is 2.16. The Morgan fingerprint density at radius 1 is 1.32 bits per heavy atom. The molecule has 9 heteroatoms. The zero-order valence-electron chi connectivity index (χ0n) is 13.6. The van der Waals surface area contributed by atoms with Gasteiger partial charge in [-0.15, -0.1) is 11.3 Å². The first-order chi connectivity index (χ1) is 12.2. The summed E-state index contributed by atoms with van der Waals surface area (Å²) in [6.07, 6.45) is 6.07. The molecule has 0 bridgehead atoms. The predicted octanol–water partition coefficient (Wildman–Crippen LogP) is 2.70. The number of pyridine rings is 1. The first kappa shape index (κ1) is 17.6. The molecule has 3 heterocycles. The second kappa shape index (κ2) is 8.72. The first-order valence-electron chi connectivity index (χ1n) is 7.66. The van der Waals surface area contributed by atoms with Crippen molar-refractivity contribution in [2.75, 3.05) is 6.26 Å². The third-order valence-corrected chi connectivity index (χ3v) is 4.95. The Morgan fingerprint density at radius 3 is 2.96 bits per heavy atom. The molecule has 3 rings (SSSR count). The number of hydrogen-bond acceptors (Lipinski definition) is 8. The maximum Gasteiger partial charge on any atom is 0.227 e. The Balaban J connectivity index is 1.45. The van der Waals surface area contributed by atoms with E-state index in [1.54, 1.807) is 47.6 Å². The summed E-state index contributed by atoms with van der Waals surface area (Å²) in [6, 6.07) is 3.61. The number of carbonyl (C=O) groups excluding carboxylic acids is 1. The summed E-state index contributed by atoms with van der Waals surface area (Å²) >= 11 is 3.35. The number of rotatable bonds is 8. The zero-order chi connectivity index (χ0) is 17.5. The van der Waals surface area contributed by atoms with Crippen LogP contribution in [0.2, 0.25) is 0 Å². The molecule has 3 aromatic rings. The van der Waals surface area contributed by atoms with Gasteiger partial charge in [0.05, 0.1) is 12.2 Å². The van der Waals surface area contributed by atoms with Crippen LogP contribution in [0.4, 0.5) is 0 Å². The second-order valence-electron chi connectivity index (χ2n) is 5.19. The zero-order valence-corrected chi connectivity index (χ0v) is 15.3. The molecule has 130 valence electrons. The number of nitrogens with one attached hydrogen (secondary N) is 1. The molecule has 3 aromatic heterocycles. The van der Waals surface area contributed by atoms with E-state index in [1.807, 2.05) is 11.6 Å². The maximum atomic E-state index is 12.0. The molecular formula is C16H17N5O2S2. The van der Waals surface area contributed by atoms with Crippen molar-refractivity contribution in [3.8, 4) is 11.4 Å². The van der Waals surface area contributed by atoms with Crippen LogP contribution in [0.1, 0.15) is 23.0 Å². The number of aromatic nitrogens is 4. The van der Waals surface area contributed by atoms with E-state index in [-0.39, 0.29) is 5.91 Å². The van der Waals surface area contributed by atoms with Gasteiger partial charge < -0.3 is 9.84 Å². The molecule has 0 aromatic carbocycles. The van der Waals surface area contributed by atoms with Gasteiger partial charge in [-0.1, -0.05) is 5.16 Å². The van der Waals surface area contributed by atoms with Crippen molar-refractivity contribution in [2.24, 2.45) is 0 Å². The third-order valence-electron chi connectivity index (χ3n) is 3.31. The van der Waals surface area contributed by atoms with Crippen molar-refractivity contribution in [1.29, 1.82) is 0 Å². The maximum absolute atomic E-state index is 12.0. The highest BCUT2D eigenvalue weighted by atomic mass is 32.2. The van der Waals surface area contributed by atoms with E-state index in [0.717, 1.165) is 22.0 Å². The van der Waals surface area contributed by atoms with Crippen LogP contribution in [0.3, 0.4) is 0 Å². The summed E-state index contributed by atoms with van der Waals surface area (Å²) in [5, 5.41) is 9.84. The van der Waals surface area contributed by atoms with Crippen LogP contribution >= 0.6 is 23.1 Å². The summed E-state index contributed by atoms with van der Waals surface area (Å²) in [5.41, 5.74) is 1.72. The van der Waals surface area contributed by atoms with Crippen molar-refractivity contribution in [1.82, 2.24) is 25.4 Å². The number of thioether (sulfide) groups is 1. The minimum Gasteiger partial charge on any atom is -0.350 e. The van der Waals surface area contributed by atoms with Gasteiger partial charge in [0, 0.05) is 41.9 Å². The van der Waals surface area contributed by atoms with Crippen LogP contribution in [0.15, 0.2) is 34.4 Å². The first-order valence-corrected chi connectivity index (χ1v) is 9.94. The molecule has 0 aliphatic carbocycles. The van der Waals surface area contributed by atoms with Gasteiger partial charge in [-0.3, -0.25) is 9.78 Å². The smallest absolute Gasteiger partial charge is 0.227 e. The van der Waals surface area contributed by atoms with Crippen molar-refractivity contribution < 1.29 is 9.32 Å². The Bertz CT molecular complexity index is 819. The van der Waals surface area contributed by atoms with Gasteiger partial charge in [0.1, 0.15) is 5.01 Å². The average Bonchev–Trinajstić information content (AvgIpc) is 3.29. The lowest BCUT2D eigenvalue weighted by molar-refractivity contribution is -0.121. The van der Waals surface area contributed by atoms with Crippen LogP contribution in [-0.4, -0.2) is 32.3 Å². The molecule has 0 saturated heterocycles. The van der Waals surface area contributed by atoms with Gasteiger partial charge in [-0.2, -0.15) is 16.7 Å². The van der Waals surface area contributed by atoms with Crippen LogP contribution in [0.25, 0.3) is 11.4 Å². The standard InChI is InChI=1S/C16H17N5O2S2/c1-24-10-15-19-12(9-25-15)8-18-13(22)2-3-14-20-16(21-23-14)11-4-6-17-7-5-11/h4-7,9H,2-3,8,10H2,1H3,(H,18,22). The monoisotopic (exact) mass is 375 g/mol. The average molecular weight is 375 g/mol. The van der Waals surface area contributed by atoms with Crippen molar-refractivity contribution >= 4 is 29.0 Å². The van der Waals surface area contributed by atoms with E-state index in [4.69, 9.17) is 4.52 Å². The highest BCUT2D eigenvalue weighted by Gasteiger charge is 2.11. The third kappa shape index (κ3) is 5.10. The normalized spacial score (nSPS) is 10.8.